The summed E-state index contributed by atoms with van der Waals surface area (Å²) in [6.45, 7) is 1.73. The quantitative estimate of drug-likeness (QED) is 0.519. The minimum Gasteiger partial charge on any atom is -0.386 e. The Kier molecular flexibility index (Phi) is 1.72. The van der Waals surface area contributed by atoms with Crippen molar-refractivity contribution in [2.75, 3.05) is 0 Å². The molecule has 0 saturated heterocycles. The van der Waals surface area contributed by atoms with Crippen LogP contribution < -0.4 is 0 Å². The monoisotopic (exact) mass is 137 g/mol. The van der Waals surface area contributed by atoms with Crippen molar-refractivity contribution >= 4 is 5.71 Å². The molecule has 0 aromatic carbocycles. The Morgan fingerprint density at radius 3 is 3.00 bits per heavy atom. The molecule has 1 aliphatic carbocycles. The summed E-state index contributed by atoms with van der Waals surface area (Å²) in [6.07, 6.45) is 7.35. The minimum absolute atomic E-state index is 0.442. The summed E-state index contributed by atoms with van der Waals surface area (Å²) in [7, 11) is 0. The highest BCUT2D eigenvalue weighted by molar-refractivity contribution is 6.01. The Morgan fingerprint density at radius 1 is 1.60 bits per heavy atom. The highest BCUT2D eigenvalue weighted by Gasteiger charge is 2.15. The van der Waals surface area contributed by atoms with E-state index >= 15 is 0 Å². The molecule has 1 atom stereocenters. The summed E-state index contributed by atoms with van der Waals surface area (Å²) in [5.74, 6) is 0. The highest BCUT2D eigenvalue weighted by atomic mass is 16.3. The summed E-state index contributed by atoms with van der Waals surface area (Å²) in [5.41, 5.74) is -0.322. The third kappa shape index (κ3) is 1.81. The maximum Gasteiger partial charge on any atom is 0.0837 e. The first-order valence-corrected chi connectivity index (χ1v) is 3.27. The van der Waals surface area contributed by atoms with Crippen LogP contribution in [0.2, 0.25) is 0 Å². The third-order valence-electron chi connectivity index (χ3n) is 1.45. The third-order valence-corrected chi connectivity index (χ3v) is 1.45. The van der Waals surface area contributed by atoms with Gasteiger partial charge in [-0.05, 0) is 25.5 Å². The van der Waals surface area contributed by atoms with Gasteiger partial charge < -0.3 is 10.5 Å². The van der Waals surface area contributed by atoms with Gasteiger partial charge in [0.05, 0.1) is 11.3 Å². The van der Waals surface area contributed by atoms with Gasteiger partial charge in [-0.25, -0.2) is 0 Å². The molecule has 0 aromatic rings. The van der Waals surface area contributed by atoms with Gasteiger partial charge in [0.25, 0.3) is 0 Å². The van der Waals surface area contributed by atoms with Gasteiger partial charge in [-0.2, -0.15) is 0 Å². The standard InChI is InChI=1S/C8H11NO/c1-8(10)5-2-3-7(9)4-6-8/h2-4,6,9-10H,5H2,1H3. The van der Waals surface area contributed by atoms with Gasteiger partial charge >= 0.3 is 0 Å². The second-order valence-corrected chi connectivity index (χ2v) is 2.75. The highest BCUT2D eigenvalue weighted by Crippen LogP contribution is 2.14. The number of allylic oxidation sites excluding steroid dienone is 2. The molecule has 0 aliphatic heterocycles. The lowest BCUT2D eigenvalue weighted by molar-refractivity contribution is 0.116. The lowest BCUT2D eigenvalue weighted by Crippen LogP contribution is -2.18. The topological polar surface area (TPSA) is 44.1 Å². The van der Waals surface area contributed by atoms with E-state index in [1.807, 2.05) is 6.08 Å². The molecular weight excluding hydrogens is 126 g/mol. The Hall–Kier alpha value is -0.890. The maximum absolute atomic E-state index is 9.44. The summed E-state index contributed by atoms with van der Waals surface area (Å²) < 4.78 is 0. The van der Waals surface area contributed by atoms with Crippen LogP contribution in [0.5, 0.6) is 0 Å². The van der Waals surface area contributed by atoms with Gasteiger partial charge in [0.15, 0.2) is 0 Å². The van der Waals surface area contributed by atoms with E-state index in [2.05, 4.69) is 0 Å². The SMILES string of the molecule is CC1(O)C=CC(=N)C=CC1. The van der Waals surface area contributed by atoms with Crippen LogP contribution in [0.3, 0.4) is 0 Å². The first kappa shape index (κ1) is 7.22. The molecule has 0 amide bonds. The molecule has 2 N–H and O–H groups in total. The minimum atomic E-state index is -0.765. The molecule has 0 heterocycles. The number of rotatable bonds is 0. The van der Waals surface area contributed by atoms with Gasteiger partial charge in [-0.1, -0.05) is 12.2 Å². The van der Waals surface area contributed by atoms with Crippen molar-refractivity contribution in [2.24, 2.45) is 0 Å². The Bertz CT molecular complexity index is 201. The first-order valence-electron chi connectivity index (χ1n) is 3.27. The van der Waals surface area contributed by atoms with Crippen LogP contribution in [0, 0.1) is 5.41 Å². The van der Waals surface area contributed by atoms with E-state index in [0.29, 0.717) is 12.1 Å². The fourth-order valence-electron chi connectivity index (χ4n) is 0.817. The van der Waals surface area contributed by atoms with E-state index in [1.54, 1.807) is 25.2 Å². The lowest BCUT2D eigenvalue weighted by Gasteiger charge is -2.14. The molecule has 1 rings (SSSR count). The average Bonchev–Trinajstić information content (AvgIpc) is 1.94. The number of hydrogen-bond donors (Lipinski definition) is 2. The Morgan fingerprint density at radius 2 is 2.30 bits per heavy atom. The molecule has 10 heavy (non-hydrogen) atoms. The van der Waals surface area contributed by atoms with Crippen molar-refractivity contribution in [3.8, 4) is 0 Å². The van der Waals surface area contributed by atoms with Crippen molar-refractivity contribution in [3.05, 3.63) is 24.3 Å². The number of aliphatic hydroxyl groups is 1. The zero-order chi connectivity index (χ0) is 7.61. The van der Waals surface area contributed by atoms with Crippen molar-refractivity contribution < 1.29 is 5.11 Å². The van der Waals surface area contributed by atoms with Crippen LogP contribution in [0.1, 0.15) is 13.3 Å². The second kappa shape index (κ2) is 2.39. The molecule has 0 saturated carbocycles. The van der Waals surface area contributed by atoms with Gasteiger partial charge in [-0.15, -0.1) is 0 Å². The van der Waals surface area contributed by atoms with Crippen LogP contribution in [-0.4, -0.2) is 16.4 Å². The van der Waals surface area contributed by atoms with Crippen LogP contribution in [0.4, 0.5) is 0 Å². The summed E-state index contributed by atoms with van der Waals surface area (Å²) >= 11 is 0. The molecule has 0 spiro atoms. The first-order chi connectivity index (χ1) is 4.60. The number of nitrogens with one attached hydrogen (secondary N) is 1. The molecule has 0 bridgehead atoms. The zero-order valence-electron chi connectivity index (χ0n) is 5.96. The summed E-state index contributed by atoms with van der Waals surface area (Å²) in [4.78, 5) is 0. The van der Waals surface area contributed by atoms with Gasteiger partial charge in [0.1, 0.15) is 0 Å². The molecule has 2 heteroatoms. The second-order valence-electron chi connectivity index (χ2n) is 2.75. The van der Waals surface area contributed by atoms with Crippen LogP contribution in [0.15, 0.2) is 24.3 Å². The van der Waals surface area contributed by atoms with Crippen molar-refractivity contribution in [1.82, 2.24) is 0 Å². The van der Waals surface area contributed by atoms with Crippen LogP contribution in [-0.2, 0) is 0 Å². The normalized spacial score (nSPS) is 32.4. The fraction of sp³-hybridized carbons (Fsp3) is 0.375. The molecule has 0 fully saturated rings. The van der Waals surface area contributed by atoms with E-state index in [9.17, 15) is 5.11 Å². The van der Waals surface area contributed by atoms with Gasteiger partial charge in [0.2, 0.25) is 0 Å². The largest absolute Gasteiger partial charge is 0.386 e. The fourth-order valence-corrected chi connectivity index (χ4v) is 0.817. The van der Waals surface area contributed by atoms with Crippen molar-refractivity contribution in [2.45, 2.75) is 18.9 Å². The van der Waals surface area contributed by atoms with E-state index in [4.69, 9.17) is 5.41 Å². The van der Waals surface area contributed by atoms with Crippen molar-refractivity contribution in [3.63, 3.8) is 0 Å². The van der Waals surface area contributed by atoms with Gasteiger partial charge in [0, 0.05) is 0 Å². The molecule has 1 aliphatic rings. The molecule has 0 aromatic heterocycles. The molecular formula is C8H11NO. The Labute approximate surface area is 60.4 Å². The number of hydrogen-bond acceptors (Lipinski definition) is 2. The van der Waals surface area contributed by atoms with Crippen molar-refractivity contribution in [1.29, 1.82) is 5.41 Å². The van der Waals surface area contributed by atoms with Gasteiger partial charge in [-0.3, -0.25) is 0 Å². The maximum atomic E-state index is 9.44. The molecule has 54 valence electrons. The summed E-state index contributed by atoms with van der Waals surface area (Å²) in [5, 5.41) is 16.7. The Balaban J connectivity index is 2.82. The van der Waals surface area contributed by atoms with Crippen LogP contribution in [0.25, 0.3) is 0 Å². The zero-order valence-corrected chi connectivity index (χ0v) is 5.96. The van der Waals surface area contributed by atoms with E-state index < -0.39 is 5.60 Å². The van der Waals surface area contributed by atoms with E-state index in [1.165, 1.54) is 0 Å². The van der Waals surface area contributed by atoms with E-state index in [0.717, 1.165) is 0 Å². The molecule has 0 radical (unpaired) electrons. The molecule has 1 unspecified atom stereocenters. The smallest absolute Gasteiger partial charge is 0.0837 e. The molecule has 2 nitrogen and oxygen atoms in total. The van der Waals surface area contributed by atoms with E-state index in [-0.39, 0.29) is 0 Å². The average molecular weight is 137 g/mol. The predicted octanol–water partition coefficient (Wildman–Crippen LogP) is 1.27. The lowest BCUT2D eigenvalue weighted by atomic mass is 10.0. The summed E-state index contributed by atoms with van der Waals surface area (Å²) in [6, 6.07) is 0. The predicted molar refractivity (Wildman–Crippen MR) is 41.2 cm³/mol. The van der Waals surface area contributed by atoms with Crippen LogP contribution >= 0.6 is 0 Å².